The highest BCUT2D eigenvalue weighted by Gasteiger charge is 2.30. The maximum atomic E-state index is 12.3. The Labute approximate surface area is 98.2 Å². The van der Waals surface area contributed by atoms with Crippen LogP contribution in [0.4, 0.5) is 13.2 Å². The zero-order valence-electron chi connectivity index (χ0n) is 9.74. The largest absolute Gasteiger partial charge is 0.401 e. The number of hydrogen-bond donors (Lipinski definition) is 1. The van der Waals surface area contributed by atoms with Gasteiger partial charge in [0.25, 0.3) is 0 Å². The van der Waals surface area contributed by atoms with Crippen LogP contribution in [0.2, 0.25) is 0 Å². The molecule has 1 rings (SSSR count). The van der Waals surface area contributed by atoms with Crippen molar-refractivity contribution in [1.29, 1.82) is 0 Å². The first-order chi connectivity index (χ1) is 7.94. The smallest absolute Gasteiger partial charge is 0.329 e. The third kappa shape index (κ3) is 5.18. The van der Waals surface area contributed by atoms with E-state index in [4.69, 9.17) is 5.73 Å². The fraction of sp³-hybridized carbons (Fsp3) is 0.700. The molecular formula is C10H17F3N4. The molecule has 2 N–H and O–H groups in total. The Morgan fingerprint density at radius 1 is 1.47 bits per heavy atom. The van der Waals surface area contributed by atoms with Crippen LogP contribution in [0, 0.1) is 0 Å². The zero-order valence-corrected chi connectivity index (χ0v) is 9.74. The van der Waals surface area contributed by atoms with Crippen molar-refractivity contribution in [2.75, 3.05) is 19.6 Å². The van der Waals surface area contributed by atoms with Crippen LogP contribution in [0.1, 0.15) is 12.5 Å². The summed E-state index contributed by atoms with van der Waals surface area (Å²) in [6, 6.07) is 0. The van der Waals surface area contributed by atoms with E-state index in [1.807, 2.05) is 6.92 Å². The summed E-state index contributed by atoms with van der Waals surface area (Å²) in [6.07, 6.45) is -0.862. The maximum Gasteiger partial charge on any atom is 0.401 e. The molecule has 0 saturated heterocycles. The summed E-state index contributed by atoms with van der Waals surface area (Å²) >= 11 is 0. The zero-order chi connectivity index (χ0) is 12.9. The van der Waals surface area contributed by atoms with Gasteiger partial charge in [0.05, 0.1) is 12.7 Å². The Morgan fingerprint density at radius 3 is 2.65 bits per heavy atom. The van der Waals surface area contributed by atoms with E-state index in [1.165, 1.54) is 4.90 Å². The van der Waals surface area contributed by atoms with E-state index in [1.54, 1.807) is 17.1 Å². The monoisotopic (exact) mass is 250 g/mol. The minimum absolute atomic E-state index is 0.206. The van der Waals surface area contributed by atoms with Gasteiger partial charge in [-0.25, -0.2) is 0 Å². The van der Waals surface area contributed by atoms with Crippen LogP contribution in [0.15, 0.2) is 12.4 Å². The highest BCUT2D eigenvalue weighted by Crippen LogP contribution is 2.17. The summed E-state index contributed by atoms with van der Waals surface area (Å²) in [4.78, 5) is 1.27. The van der Waals surface area contributed by atoms with Crippen molar-refractivity contribution in [1.82, 2.24) is 14.7 Å². The molecule has 0 unspecified atom stereocenters. The lowest BCUT2D eigenvalue weighted by Crippen LogP contribution is -2.37. The van der Waals surface area contributed by atoms with Crippen LogP contribution in [-0.2, 0) is 13.1 Å². The SMILES string of the molecule is CCn1cc(CN(CCN)CC(F)(F)F)cn1. The van der Waals surface area contributed by atoms with Gasteiger partial charge in [-0.3, -0.25) is 9.58 Å². The molecule has 98 valence electrons. The second-order valence-electron chi connectivity index (χ2n) is 3.82. The molecular weight excluding hydrogens is 233 g/mol. The molecule has 1 aromatic heterocycles. The minimum Gasteiger partial charge on any atom is -0.329 e. The molecule has 1 aromatic rings. The number of nitrogens with zero attached hydrogens (tertiary/aromatic N) is 3. The fourth-order valence-corrected chi connectivity index (χ4v) is 1.57. The first-order valence-electron chi connectivity index (χ1n) is 5.45. The standard InChI is InChI=1S/C10H17F3N4/c1-2-17-7-9(5-15-17)6-16(4-3-14)8-10(11,12)13/h5,7H,2-4,6,8,14H2,1H3. The summed E-state index contributed by atoms with van der Waals surface area (Å²) in [5.41, 5.74) is 6.07. The molecule has 0 aliphatic carbocycles. The first kappa shape index (κ1) is 14.0. The molecule has 0 aromatic carbocycles. The molecule has 0 aliphatic rings. The van der Waals surface area contributed by atoms with Crippen molar-refractivity contribution >= 4 is 0 Å². The maximum absolute atomic E-state index is 12.3. The van der Waals surface area contributed by atoms with E-state index < -0.39 is 12.7 Å². The van der Waals surface area contributed by atoms with Gasteiger partial charge in [-0.1, -0.05) is 0 Å². The van der Waals surface area contributed by atoms with Crippen molar-refractivity contribution in [3.05, 3.63) is 18.0 Å². The average molecular weight is 250 g/mol. The number of aryl methyl sites for hydroxylation is 1. The van der Waals surface area contributed by atoms with Crippen molar-refractivity contribution < 1.29 is 13.2 Å². The van der Waals surface area contributed by atoms with E-state index in [2.05, 4.69) is 5.10 Å². The average Bonchev–Trinajstić information content (AvgIpc) is 2.63. The van der Waals surface area contributed by atoms with Crippen LogP contribution < -0.4 is 5.73 Å². The number of nitrogens with two attached hydrogens (primary N) is 1. The van der Waals surface area contributed by atoms with Gasteiger partial charge >= 0.3 is 6.18 Å². The lowest BCUT2D eigenvalue weighted by molar-refractivity contribution is -0.146. The van der Waals surface area contributed by atoms with Gasteiger partial charge in [-0.05, 0) is 6.92 Å². The van der Waals surface area contributed by atoms with Crippen LogP contribution in [0.25, 0.3) is 0 Å². The number of alkyl halides is 3. The van der Waals surface area contributed by atoms with Crippen LogP contribution in [0.3, 0.4) is 0 Å². The predicted octanol–water partition coefficient (Wildman–Crippen LogP) is 1.23. The number of halogens is 3. The summed E-state index contributed by atoms with van der Waals surface area (Å²) in [5, 5.41) is 4.02. The van der Waals surface area contributed by atoms with E-state index >= 15 is 0 Å². The molecule has 0 fully saturated rings. The van der Waals surface area contributed by atoms with E-state index in [9.17, 15) is 13.2 Å². The lowest BCUT2D eigenvalue weighted by Gasteiger charge is -2.22. The molecule has 0 atom stereocenters. The van der Waals surface area contributed by atoms with Crippen molar-refractivity contribution in [3.63, 3.8) is 0 Å². The van der Waals surface area contributed by atoms with Gasteiger partial charge in [0.1, 0.15) is 0 Å². The number of rotatable bonds is 6. The topological polar surface area (TPSA) is 47.1 Å². The normalized spacial score (nSPS) is 12.4. The minimum atomic E-state index is -4.20. The van der Waals surface area contributed by atoms with Crippen molar-refractivity contribution in [3.8, 4) is 0 Å². The van der Waals surface area contributed by atoms with E-state index in [0.29, 0.717) is 6.54 Å². The molecule has 0 radical (unpaired) electrons. The molecule has 0 saturated carbocycles. The first-order valence-corrected chi connectivity index (χ1v) is 5.45. The van der Waals surface area contributed by atoms with E-state index in [-0.39, 0.29) is 19.6 Å². The molecule has 1 heterocycles. The van der Waals surface area contributed by atoms with Gasteiger partial charge in [-0.2, -0.15) is 18.3 Å². The Balaban J connectivity index is 2.59. The summed E-state index contributed by atoms with van der Waals surface area (Å²) in [6.45, 7) is 2.33. The molecule has 0 amide bonds. The van der Waals surface area contributed by atoms with Gasteiger partial charge < -0.3 is 5.73 Å². The van der Waals surface area contributed by atoms with Crippen molar-refractivity contribution in [2.24, 2.45) is 5.73 Å². The highest BCUT2D eigenvalue weighted by atomic mass is 19.4. The summed E-state index contributed by atoms with van der Waals surface area (Å²) < 4.78 is 38.6. The second kappa shape index (κ2) is 6.02. The Hall–Kier alpha value is -1.08. The lowest BCUT2D eigenvalue weighted by atomic mass is 10.3. The predicted molar refractivity (Wildman–Crippen MR) is 58.3 cm³/mol. The number of hydrogen-bond acceptors (Lipinski definition) is 3. The summed E-state index contributed by atoms with van der Waals surface area (Å²) in [5.74, 6) is 0. The summed E-state index contributed by atoms with van der Waals surface area (Å²) in [7, 11) is 0. The van der Waals surface area contributed by atoms with Crippen LogP contribution in [-0.4, -0.2) is 40.5 Å². The van der Waals surface area contributed by atoms with Crippen LogP contribution >= 0.6 is 0 Å². The molecule has 7 heteroatoms. The fourth-order valence-electron chi connectivity index (χ4n) is 1.57. The van der Waals surface area contributed by atoms with Gasteiger partial charge in [0, 0.05) is 37.9 Å². The Kier molecular flexibility index (Phi) is 4.95. The molecule has 0 aliphatic heterocycles. The molecule has 17 heavy (non-hydrogen) atoms. The van der Waals surface area contributed by atoms with Gasteiger partial charge in [0.2, 0.25) is 0 Å². The molecule has 0 spiro atoms. The van der Waals surface area contributed by atoms with Crippen LogP contribution in [0.5, 0.6) is 0 Å². The third-order valence-corrected chi connectivity index (χ3v) is 2.27. The number of aromatic nitrogens is 2. The molecule has 0 bridgehead atoms. The molecule has 4 nitrogen and oxygen atoms in total. The Bertz CT molecular complexity index is 335. The highest BCUT2D eigenvalue weighted by molar-refractivity contribution is 5.03. The van der Waals surface area contributed by atoms with Crippen molar-refractivity contribution in [2.45, 2.75) is 26.2 Å². The second-order valence-corrected chi connectivity index (χ2v) is 3.82. The quantitative estimate of drug-likeness (QED) is 0.826. The third-order valence-electron chi connectivity index (χ3n) is 2.27. The van der Waals surface area contributed by atoms with Gasteiger partial charge in [-0.15, -0.1) is 0 Å². The Morgan fingerprint density at radius 2 is 2.18 bits per heavy atom. The van der Waals surface area contributed by atoms with E-state index in [0.717, 1.165) is 5.56 Å². The van der Waals surface area contributed by atoms with Gasteiger partial charge in [0.15, 0.2) is 0 Å².